The molecule has 94 valence electrons. The van der Waals surface area contributed by atoms with Crippen LogP contribution < -0.4 is 0 Å². The summed E-state index contributed by atoms with van der Waals surface area (Å²) in [6, 6.07) is 8.69. The molecule has 1 N–H and O–H groups in total. The van der Waals surface area contributed by atoms with Gasteiger partial charge in [0.2, 0.25) is 0 Å². The molecular formula is C15H17NO2. The zero-order chi connectivity index (χ0) is 12.5. The lowest BCUT2D eigenvalue weighted by molar-refractivity contribution is -0.136. The molecule has 0 atom stereocenters. The number of carbonyl (C=O) groups is 1. The van der Waals surface area contributed by atoms with Crippen LogP contribution in [0.4, 0.5) is 0 Å². The van der Waals surface area contributed by atoms with Crippen LogP contribution in [0, 0.1) is 0 Å². The Balaban J connectivity index is 2.01. The van der Waals surface area contributed by atoms with Crippen LogP contribution in [-0.4, -0.2) is 15.6 Å². The molecule has 0 unspecified atom stereocenters. The Morgan fingerprint density at radius 1 is 1.28 bits per heavy atom. The molecule has 0 spiro atoms. The molecule has 0 saturated heterocycles. The van der Waals surface area contributed by atoms with Crippen LogP contribution in [0.5, 0.6) is 0 Å². The van der Waals surface area contributed by atoms with E-state index in [1.165, 1.54) is 36.6 Å². The standard InChI is InChI=1S/C15H17NO2/c17-15(18)10-11-5-6-12-7-8-16(14(12)9-11)13-3-1-2-4-13/h5-9,13H,1-4,10H2,(H,17,18). The first kappa shape index (κ1) is 11.3. The second-order valence-electron chi connectivity index (χ2n) is 5.12. The lowest BCUT2D eigenvalue weighted by Crippen LogP contribution is -2.04. The Labute approximate surface area is 106 Å². The van der Waals surface area contributed by atoms with Gasteiger partial charge in [-0.05, 0) is 35.9 Å². The van der Waals surface area contributed by atoms with Gasteiger partial charge in [0.1, 0.15) is 0 Å². The SMILES string of the molecule is O=C(O)Cc1ccc2ccn(C3CCCC3)c2c1. The number of aromatic nitrogens is 1. The van der Waals surface area contributed by atoms with Crippen molar-refractivity contribution < 1.29 is 9.90 Å². The van der Waals surface area contributed by atoms with Crippen molar-refractivity contribution in [2.24, 2.45) is 0 Å². The molecule has 3 nitrogen and oxygen atoms in total. The van der Waals surface area contributed by atoms with E-state index >= 15 is 0 Å². The smallest absolute Gasteiger partial charge is 0.307 e. The van der Waals surface area contributed by atoms with Crippen LogP contribution in [0.1, 0.15) is 37.3 Å². The van der Waals surface area contributed by atoms with Gasteiger partial charge in [-0.1, -0.05) is 25.0 Å². The fourth-order valence-corrected chi connectivity index (χ4v) is 2.98. The number of carboxylic acid groups (broad SMARTS) is 1. The summed E-state index contributed by atoms with van der Waals surface area (Å²) < 4.78 is 2.33. The number of nitrogens with zero attached hydrogens (tertiary/aromatic N) is 1. The Morgan fingerprint density at radius 3 is 2.78 bits per heavy atom. The van der Waals surface area contributed by atoms with Crippen molar-refractivity contribution in [3.05, 3.63) is 36.0 Å². The molecule has 0 aliphatic heterocycles. The third-order valence-electron chi connectivity index (χ3n) is 3.86. The lowest BCUT2D eigenvalue weighted by atomic mass is 10.1. The Hall–Kier alpha value is -1.77. The molecular weight excluding hydrogens is 226 g/mol. The van der Waals surface area contributed by atoms with Crippen molar-refractivity contribution in [1.29, 1.82) is 0 Å². The van der Waals surface area contributed by atoms with Crippen molar-refractivity contribution >= 4 is 16.9 Å². The van der Waals surface area contributed by atoms with E-state index in [0.717, 1.165) is 5.56 Å². The largest absolute Gasteiger partial charge is 0.481 e. The quantitative estimate of drug-likeness (QED) is 0.897. The molecule has 2 aromatic rings. The van der Waals surface area contributed by atoms with E-state index < -0.39 is 5.97 Å². The number of carboxylic acids is 1. The lowest BCUT2D eigenvalue weighted by Gasteiger charge is -2.13. The van der Waals surface area contributed by atoms with Gasteiger partial charge >= 0.3 is 5.97 Å². The van der Waals surface area contributed by atoms with Gasteiger partial charge in [-0.2, -0.15) is 0 Å². The molecule has 3 heteroatoms. The molecule has 1 aromatic carbocycles. The highest BCUT2D eigenvalue weighted by Crippen LogP contribution is 2.33. The fourth-order valence-electron chi connectivity index (χ4n) is 2.98. The topological polar surface area (TPSA) is 42.2 Å². The van der Waals surface area contributed by atoms with E-state index in [1.807, 2.05) is 18.2 Å². The number of hydrogen-bond acceptors (Lipinski definition) is 1. The minimum Gasteiger partial charge on any atom is -0.481 e. The van der Waals surface area contributed by atoms with E-state index in [9.17, 15) is 4.79 Å². The van der Waals surface area contributed by atoms with E-state index in [4.69, 9.17) is 5.11 Å². The molecule has 1 saturated carbocycles. The summed E-state index contributed by atoms with van der Waals surface area (Å²) in [5.74, 6) is -0.770. The first-order valence-electron chi connectivity index (χ1n) is 6.55. The zero-order valence-electron chi connectivity index (χ0n) is 10.3. The van der Waals surface area contributed by atoms with Crippen molar-refractivity contribution in [3.8, 4) is 0 Å². The van der Waals surface area contributed by atoms with Gasteiger partial charge in [-0.25, -0.2) is 0 Å². The van der Waals surface area contributed by atoms with Crippen LogP contribution in [0.2, 0.25) is 0 Å². The van der Waals surface area contributed by atoms with Gasteiger partial charge in [-0.15, -0.1) is 0 Å². The summed E-state index contributed by atoms with van der Waals surface area (Å²) in [7, 11) is 0. The summed E-state index contributed by atoms with van der Waals surface area (Å²) in [5, 5.41) is 10.1. The average Bonchev–Trinajstić information content (AvgIpc) is 2.94. The summed E-state index contributed by atoms with van der Waals surface area (Å²) in [6.45, 7) is 0. The van der Waals surface area contributed by atoms with Crippen molar-refractivity contribution in [2.75, 3.05) is 0 Å². The van der Waals surface area contributed by atoms with Crippen molar-refractivity contribution in [2.45, 2.75) is 38.1 Å². The number of benzene rings is 1. The van der Waals surface area contributed by atoms with E-state index in [-0.39, 0.29) is 6.42 Å². The number of fused-ring (bicyclic) bond motifs is 1. The second-order valence-corrected chi connectivity index (χ2v) is 5.12. The molecule has 0 bridgehead atoms. The number of aliphatic carboxylic acids is 1. The summed E-state index contributed by atoms with van der Waals surface area (Å²) in [6.07, 6.45) is 7.34. The first-order chi connectivity index (χ1) is 8.74. The minimum absolute atomic E-state index is 0.103. The van der Waals surface area contributed by atoms with Crippen LogP contribution in [0.25, 0.3) is 10.9 Å². The van der Waals surface area contributed by atoms with Crippen molar-refractivity contribution in [1.82, 2.24) is 4.57 Å². The Morgan fingerprint density at radius 2 is 2.06 bits per heavy atom. The summed E-state index contributed by atoms with van der Waals surface area (Å²) in [4.78, 5) is 10.8. The predicted molar refractivity (Wildman–Crippen MR) is 70.8 cm³/mol. The molecule has 1 aliphatic rings. The molecule has 0 amide bonds. The molecule has 1 fully saturated rings. The van der Waals surface area contributed by atoms with Crippen LogP contribution in [-0.2, 0) is 11.2 Å². The number of rotatable bonds is 3. The average molecular weight is 243 g/mol. The van der Waals surface area contributed by atoms with E-state index in [1.54, 1.807) is 0 Å². The highest BCUT2D eigenvalue weighted by molar-refractivity contribution is 5.82. The molecule has 18 heavy (non-hydrogen) atoms. The minimum atomic E-state index is -0.770. The third-order valence-corrected chi connectivity index (χ3v) is 3.86. The van der Waals surface area contributed by atoms with Gasteiger partial charge in [0.25, 0.3) is 0 Å². The van der Waals surface area contributed by atoms with Gasteiger partial charge in [0.05, 0.1) is 6.42 Å². The maximum atomic E-state index is 10.8. The number of hydrogen-bond donors (Lipinski definition) is 1. The highest BCUT2D eigenvalue weighted by atomic mass is 16.4. The molecule has 1 heterocycles. The predicted octanol–water partition coefficient (Wildman–Crippen LogP) is 3.38. The van der Waals surface area contributed by atoms with E-state index in [0.29, 0.717) is 6.04 Å². The summed E-state index contributed by atoms with van der Waals surface area (Å²) >= 11 is 0. The molecule has 1 aliphatic carbocycles. The van der Waals surface area contributed by atoms with Gasteiger partial charge < -0.3 is 9.67 Å². The normalized spacial score (nSPS) is 16.4. The van der Waals surface area contributed by atoms with Gasteiger partial charge in [-0.3, -0.25) is 4.79 Å². The summed E-state index contributed by atoms with van der Waals surface area (Å²) in [5.41, 5.74) is 2.06. The van der Waals surface area contributed by atoms with Gasteiger partial charge in [0, 0.05) is 17.8 Å². The van der Waals surface area contributed by atoms with Gasteiger partial charge in [0.15, 0.2) is 0 Å². The van der Waals surface area contributed by atoms with Crippen molar-refractivity contribution in [3.63, 3.8) is 0 Å². The first-order valence-corrected chi connectivity index (χ1v) is 6.55. The maximum Gasteiger partial charge on any atom is 0.307 e. The van der Waals surface area contributed by atoms with E-state index in [2.05, 4.69) is 16.8 Å². The molecule has 3 rings (SSSR count). The third kappa shape index (κ3) is 2.01. The molecule has 1 aromatic heterocycles. The second kappa shape index (κ2) is 4.48. The maximum absolute atomic E-state index is 10.8. The Kier molecular flexibility index (Phi) is 2.82. The zero-order valence-corrected chi connectivity index (χ0v) is 10.3. The Bertz CT molecular complexity index is 579. The van der Waals surface area contributed by atoms with Crippen LogP contribution >= 0.6 is 0 Å². The molecule has 0 radical (unpaired) electrons. The van der Waals surface area contributed by atoms with Crippen LogP contribution in [0.15, 0.2) is 30.5 Å². The van der Waals surface area contributed by atoms with Crippen LogP contribution in [0.3, 0.4) is 0 Å². The monoisotopic (exact) mass is 243 g/mol. The fraction of sp³-hybridized carbons (Fsp3) is 0.400. The highest BCUT2D eigenvalue weighted by Gasteiger charge is 2.18.